The topological polar surface area (TPSA) is 96.0 Å². The molecule has 0 aromatic heterocycles. The number of methoxy groups -OCH3 is 1. The molecule has 184 valence electrons. The highest BCUT2D eigenvalue weighted by molar-refractivity contribution is 6.09. The van der Waals surface area contributed by atoms with Crippen molar-refractivity contribution in [3.63, 3.8) is 0 Å². The van der Waals surface area contributed by atoms with Crippen molar-refractivity contribution in [2.75, 3.05) is 26.7 Å². The number of hydrogen-bond acceptors (Lipinski definition) is 5. The summed E-state index contributed by atoms with van der Waals surface area (Å²) in [5.41, 5.74) is -0.324. The van der Waals surface area contributed by atoms with Gasteiger partial charge < -0.3 is 15.0 Å². The first-order chi connectivity index (χ1) is 16.0. The fourth-order valence-corrected chi connectivity index (χ4v) is 6.27. The number of urea groups is 1. The lowest BCUT2D eigenvalue weighted by atomic mass is 9.64. The third-order valence-corrected chi connectivity index (χ3v) is 7.51. The molecule has 2 saturated heterocycles. The van der Waals surface area contributed by atoms with E-state index in [-0.39, 0.29) is 35.5 Å². The Morgan fingerprint density at radius 3 is 2.32 bits per heavy atom. The van der Waals surface area contributed by atoms with E-state index < -0.39 is 11.6 Å². The Morgan fingerprint density at radius 2 is 1.74 bits per heavy atom. The van der Waals surface area contributed by atoms with E-state index in [4.69, 9.17) is 4.74 Å². The summed E-state index contributed by atoms with van der Waals surface area (Å²) in [5.74, 6) is 0.397. The summed E-state index contributed by atoms with van der Waals surface area (Å²) < 4.78 is 5.14. The zero-order valence-corrected chi connectivity index (χ0v) is 20.6. The van der Waals surface area contributed by atoms with Crippen LogP contribution in [0.4, 0.5) is 4.79 Å². The van der Waals surface area contributed by atoms with Gasteiger partial charge in [-0.2, -0.15) is 0 Å². The lowest BCUT2D eigenvalue weighted by Gasteiger charge is -2.43. The highest BCUT2D eigenvalue weighted by Crippen LogP contribution is 2.46. The van der Waals surface area contributed by atoms with Crippen LogP contribution in [0, 0.1) is 17.3 Å². The molecule has 1 aliphatic carbocycles. The molecule has 1 saturated carbocycles. The summed E-state index contributed by atoms with van der Waals surface area (Å²) in [7, 11) is 1.58. The molecule has 4 amide bonds. The molecule has 8 heteroatoms. The van der Waals surface area contributed by atoms with Crippen LogP contribution in [0.3, 0.4) is 0 Å². The van der Waals surface area contributed by atoms with Crippen molar-refractivity contribution >= 4 is 23.6 Å². The van der Waals surface area contributed by atoms with E-state index in [1.54, 1.807) is 36.3 Å². The minimum Gasteiger partial charge on any atom is -0.497 e. The maximum Gasteiger partial charge on any atom is 0.325 e. The molecule has 2 unspecified atom stereocenters. The number of nitrogens with one attached hydrogen (secondary N) is 1. The maximum absolute atomic E-state index is 13.3. The standard InChI is InChI=1S/C26H35N3O5/c1-17-13-25(2,3)16-26(14-17)23(32)29(24(33)27-26)15-21(30)28-11-9-19(10-12-28)22(31)18-5-7-20(34-4)8-6-18/h5-8,17,19H,9-16H2,1-4H3,(H,27,33). The van der Waals surface area contributed by atoms with Crippen LogP contribution >= 0.6 is 0 Å². The van der Waals surface area contributed by atoms with E-state index in [1.165, 1.54) is 0 Å². The fourth-order valence-electron chi connectivity index (χ4n) is 6.27. The molecule has 1 aromatic rings. The van der Waals surface area contributed by atoms with Crippen molar-refractivity contribution in [1.82, 2.24) is 15.1 Å². The van der Waals surface area contributed by atoms with E-state index in [9.17, 15) is 19.2 Å². The normalized spacial score (nSPS) is 27.1. The van der Waals surface area contributed by atoms with Gasteiger partial charge in [-0.05, 0) is 67.7 Å². The van der Waals surface area contributed by atoms with Crippen molar-refractivity contribution in [3.05, 3.63) is 29.8 Å². The molecule has 3 aliphatic rings. The van der Waals surface area contributed by atoms with Crippen molar-refractivity contribution in [2.24, 2.45) is 17.3 Å². The highest BCUT2D eigenvalue weighted by Gasteiger charge is 2.56. The second kappa shape index (κ2) is 9.04. The summed E-state index contributed by atoms with van der Waals surface area (Å²) in [6, 6.07) is 6.59. The zero-order chi connectivity index (χ0) is 24.7. The average Bonchev–Trinajstić information content (AvgIpc) is 3.00. The molecule has 0 bridgehead atoms. The Bertz CT molecular complexity index is 981. The summed E-state index contributed by atoms with van der Waals surface area (Å²) in [4.78, 5) is 54.6. The lowest BCUT2D eigenvalue weighted by molar-refractivity contribution is -0.141. The molecule has 1 spiro atoms. The first kappa shape index (κ1) is 24.2. The van der Waals surface area contributed by atoms with Crippen LogP contribution < -0.4 is 10.1 Å². The Kier molecular flexibility index (Phi) is 6.44. The van der Waals surface area contributed by atoms with Crippen molar-refractivity contribution in [2.45, 2.75) is 58.4 Å². The number of ether oxygens (including phenoxy) is 1. The van der Waals surface area contributed by atoms with Gasteiger partial charge in [-0.1, -0.05) is 20.8 Å². The van der Waals surface area contributed by atoms with Gasteiger partial charge in [-0.25, -0.2) is 4.79 Å². The number of carbonyl (C=O) groups is 4. The monoisotopic (exact) mass is 469 g/mol. The van der Waals surface area contributed by atoms with Gasteiger partial charge in [0, 0.05) is 24.6 Å². The highest BCUT2D eigenvalue weighted by atomic mass is 16.5. The number of benzene rings is 1. The number of piperidine rings is 1. The number of nitrogens with zero attached hydrogens (tertiary/aromatic N) is 2. The van der Waals surface area contributed by atoms with Gasteiger partial charge in [0.2, 0.25) is 5.91 Å². The Balaban J connectivity index is 1.34. The van der Waals surface area contributed by atoms with Crippen molar-refractivity contribution < 1.29 is 23.9 Å². The van der Waals surface area contributed by atoms with Gasteiger partial charge in [0.1, 0.15) is 17.8 Å². The SMILES string of the molecule is COc1ccc(C(=O)C2CCN(C(=O)CN3C(=O)NC4(CC(C)CC(C)(C)C4)C3=O)CC2)cc1. The molecule has 8 nitrogen and oxygen atoms in total. The summed E-state index contributed by atoms with van der Waals surface area (Å²) in [6.45, 7) is 6.96. The van der Waals surface area contributed by atoms with Crippen molar-refractivity contribution in [3.8, 4) is 5.75 Å². The van der Waals surface area contributed by atoms with Gasteiger partial charge in [0.15, 0.2) is 5.78 Å². The third kappa shape index (κ3) is 4.68. The number of likely N-dealkylation sites (tertiary alicyclic amines) is 1. The Morgan fingerprint density at radius 1 is 1.09 bits per heavy atom. The third-order valence-electron chi connectivity index (χ3n) is 7.51. The molecule has 0 radical (unpaired) electrons. The molecular weight excluding hydrogens is 434 g/mol. The molecular formula is C26H35N3O5. The lowest BCUT2D eigenvalue weighted by Crippen LogP contribution is -2.54. The van der Waals surface area contributed by atoms with E-state index in [0.29, 0.717) is 56.0 Å². The predicted octanol–water partition coefficient (Wildman–Crippen LogP) is 3.25. The minimum atomic E-state index is -0.906. The zero-order valence-electron chi connectivity index (χ0n) is 20.6. The first-order valence-corrected chi connectivity index (χ1v) is 12.1. The fraction of sp³-hybridized carbons (Fsp3) is 0.615. The van der Waals surface area contributed by atoms with Gasteiger partial charge in [-0.15, -0.1) is 0 Å². The number of amides is 4. The molecule has 2 aliphatic heterocycles. The quantitative estimate of drug-likeness (QED) is 0.528. The van der Waals surface area contributed by atoms with Crippen LogP contribution in [-0.4, -0.2) is 65.7 Å². The minimum absolute atomic E-state index is 0.0566. The molecule has 3 fully saturated rings. The number of hydrogen-bond donors (Lipinski definition) is 1. The van der Waals surface area contributed by atoms with Gasteiger partial charge >= 0.3 is 6.03 Å². The Hall–Kier alpha value is -2.90. The second-order valence-electron chi connectivity index (χ2n) is 11.0. The number of carbonyl (C=O) groups excluding carboxylic acids is 4. The summed E-state index contributed by atoms with van der Waals surface area (Å²) in [6.07, 6.45) is 3.31. The van der Waals surface area contributed by atoms with Gasteiger partial charge in [0.05, 0.1) is 7.11 Å². The summed E-state index contributed by atoms with van der Waals surface area (Å²) in [5, 5.41) is 2.92. The molecule has 1 aromatic carbocycles. The molecule has 34 heavy (non-hydrogen) atoms. The largest absolute Gasteiger partial charge is 0.497 e. The van der Waals surface area contributed by atoms with Crippen LogP contribution in [0.25, 0.3) is 0 Å². The van der Waals surface area contributed by atoms with Crippen molar-refractivity contribution in [1.29, 1.82) is 0 Å². The Labute approximate surface area is 201 Å². The van der Waals surface area contributed by atoms with E-state index in [1.807, 2.05) is 0 Å². The van der Waals surface area contributed by atoms with Crippen LogP contribution in [0.15, 0.2) is 24.3 Å². The van der Waals surface area contributed by atoms with Gasteiger partial charge in [-0.3, -0.25) is 19.3 Å². The average molecular weight is 470 g/mol. The van der Waals surface area contributed by atoms with E-state index in [0.717, 1.165) is 11.3 Å². The summed E-state index contributed by atoms with van der Waals surface area (Å²) >= 11 is 0. The van der Waals surface area contributed by atoms with Gasteiger partial charge in [0.25, 0.3) is 5.91 Å². The molecule has 4 rings (SSSR count). The second-order valence-corrected chi connectivity index (χ2v) is 11.0. The van der Waals surface area contributed by atoms with Crippen LogP contribution in [-0.2, 0) is 9.59 Å². The van der Waals surface area contributed by atoms with Crippen LogP contribution in [0.5, 0.6) is 5.75 Å². The number of Topliss-reactive ketones (excluding diaryl/α,β-unsaturated/α-hetero) is 1. The maximum atomic E-state index is 13.3. The predicted molar refractivity (Wildman–Crippen MR) is 126 cm³/mol. The first-order valence-electron chi connectivity index (χ1n) is 12.1. The number of imide groups is 1. The molecule has 1 N–H and O–H groups in total. The van der Waals surface area contributed by atoms with E-state index in [2.05, 4.69) is 26.1 Å². The molecule has 2 heterocycles. The van der Waals surface area contributed by atoms with Crippen LogP contribution in [0.1, 0.15) is 63.2 Å². The van der Waals surface area contributed by atoms with Crippen LogP contribution in [0.2, 0.25) is 0 Å². The number of ketones is 1. The molecule has 2 atom stereocenters. The number of rotatable bonds is 5. The van der Waals surface area contributed by atoms with E-state index >= 15 is 0 Å². The smallest absolute Gasteiger partial charge is 0.325 e.